The number of furan rings is 1. The topological polar surface area (TPSA) is 81.5 Å². The minimum atomic E-state index is -0.702. The van der Waals surface area contributed by atoms with Gasteiger partial charge in [0.25, 0.3) is 5.56 Å². The third kappa shape index (κ3) is 3.42. The van der Waals surface area contributed by atoms with Crippen LogP contribution in [0.1, 0.15) is 37.7 Å². The SMILES string of the molecule is CCc1nn(C(CC)C(=O)NCc2ccc(Cl)cc2)c(=O)c2cc3occc3n12. The van der Waals surface area contributed by atoms with Crippen LogP contribution in [0.3, 0.4) is 0 Å². The van der Waals surface area contributed by atoms with Crippen LogP contribution in [0.5, 0.6) is 0 Å². The molecular formula is C21H21ClN4O3. The van der Waals surface area contributed by atoms with Crippen molar-refractivity contribution in [2.75, 3.05) is 0 Å². The highest BCUT2D eigenvalue weighted by Gasteiger charge is 2.24. The molecule has 0 aliphatic carbocycles. The molecule has 0 saturated carbocycles. The lowest BCUT2D eigenvalue weighted by Gasteiger charge is -2.18. The van der Waals surface area contributed by atoms with Gasteiger partial charge < -0.3 is 9.73 Å². The van der Waals surface area contributed by atoms with Crippen molar-refractivity contribution in [1.82, 2.24) is 19.5 Å². The Bertz CT molecular complexity index is 1240. The summed E-state index contributed by atoms with van der Waals surface area (Å²) in [5, 5.41) is 8.06. The molecule has 1 aromatic carbocycles. The predicted molar refractivity (Wildman–Crippen MR) is 111 cm³/mol. The second-order valence-corrected chi connectivity index (χ2v) is 7.26. The maximum atomic E-state index is 13.1. The van der Waals surface area contributed by atoms with E-state index in [0.717, 1.165) is 11.1 Å². The van der Waals surface area contributed by atoms with Crippen LogP contribution >= 0.6 is 11.6 Å². The molecule has 0 spiro atoms. The average Bonchev–Trinajstić information content (AvgIpc) is 3.32. The Labute approximate surface area is 171 Å². The number of nitrogens with zero attached hydrogens (tertiary/aromatic N) is 3. The maximum Gasteiger partial charge on any atom is 0.291 e. The quantitative estimate of drug-likeness (QED) is 0.523. The van der Waals surface area contributed by atoms with Gasteiger partial charge in [0.05, 0.1) is 11.8 Å². The highest BCUT2D eigenvalue weighted by atomic mass is 35.5. The first-order valence-electron chi connectivity index (χ1n) is 9.56. The molecule has 0 bridgehead atoms. The van der Waals surface area contributed by atoms with Crippen LogP contribution in [-0.2, 0) is 17.8 Å². The lowest BCUT2D eigenvalue weighted by Crippen LogP contribution is -2.39. The van der Waals surface area contributed by atoms with E-state index in [9.17, 15) is 9.59 Å². The molecule has 1 atom stereocenters. The molecule has 0 aliphatic heterocycles. The summed E-state index contributed by atoms with van der Waals surface area (Å²) < 4.78 is 8.54. The Kier molecular flexibility index (Phi) is 5.15. The predicted octanol–water partition coefficient (Wildman–Crippen LogP) is 3.73. The second-order valence-electron chi connectivity index (χ2n) is 6.82. The molecule has 7 nitrogen and oxygen atoms in total. The largest absolute Gasteiger partial charge is 0.463 e. The maximum absolute atomic E-state index is 13.1. The van der Waals surface area contributed by atoms with Gasteiger partial charge in [0, 0.05) is 30.1 Å². The van der Waals surface area contributed by atoms with Crippen molar-refractivity contribution in [2.24, 2.45) is 0 Å². The van der Waals surface area contributed by atoms with Crippen molar-refractivity contribution >= 4 is 34.1 Å². The first-order valence-corrected chi connectivity index (χ1v) is 9.93. The number of amides is 1. The first kappa shape index (κ1) is 19.3. The van der Waals surface area contributed by atoms with Crippen LogP contribution in [0.4, 0.5) is 0 Å². The van der Waals surface area contributed by atoms with Crippen LogP contribution < -0.4 is 10.9 Å². The van der Waals surface area contributed by atoms with Crippen molar-refractivity contribution in [1.29, 1.82) is 0 Å². The van der Waals surface area contributed by atoms with Gasteiger partial charge in [0.1, 0.15) is 17.4 Å². The molecule has 8 heteroatoms. The summed E-state index contributed by atoms with van der Waals surface area (Å²) in [6.45, 7) is 4.17. The Morgan fingerprint density at radius 3 is 2.66 bits per heavy atom. The number of hydrogen-bond acceptors (Lipinski definition) is 4. The molecule has 0 aliphatic rings. The molecule has 29 heavy (non-hydrogen) atoms. The summed E-state index contributed by atoms with van der Waals surface area (Å²) >= 11 is 5.90. The Morgan fingerprint density at radius 1 is 1.21 bits per heavy atom. The summed E-state index contributed by atoms with van der Waals surface area (Å²) in [7, 11) is 0. The highest BCUT2D eigenvalue weighted by molar-refractivity contribution is 6.30. The summed E-state index contributed by atoms with van der Waals surface area (Å²) in [4.78, 5) is 26.0. The molecule has 0 radical (unpaired) electrons. The number of benzene rings is 1. The van der Waals surface area contributed by atoms with Crippen molar-refractivity contribution in [2.45, 2.75) is 39.3 Å². The molecule has 1 amide bonds. The smallest absolute Gasteiger partial charge is 0.291 e. The zero-order valence-electron chi connectivity index (χ0n) is 16.2. The number of carbonyl (C=O) groups excluding carboxylic acids is 1. The van der Waals surface area contributed by atoms with E-state index in [-0.39, 0.29) is 11.5 Å². The summed E-state index contributed by atoms with van der Waals surface area (Å²) in [5.74, 6) is 0.443. The number of nitrogens with one attached hydrogen (secondary N) is 1. The fraction of sp³-hybridized carbons (Fsp3) is 0.286. The number of fused-ring (bicyclic) bond motifs is 3. The summed E-state index contributed by atoms with van der Waals surface area (Å²) in [5.41, 5.74) is 2.48. The molecule has 0 fully saturated rings. The van der Waals surface area contributed by atoms with E-state index in [0.29, 0.717) is 41.3 Å². The molecule has 150 valence electrons. The van der Waals surface area contributed by atoms with Gasteiger partial charge in [-0.2, -0.15) is 5.10 Å². The van der Waals surface area contributed by atoms with Crippen LogP contribution in [0.15, 0.2) is 51.9 Å². The lowest BCUT2D eigenvalue weighted by molar-refractivity contribution is -0.125. The van der Waals surface area contributed by atoms with E-state index in [4.69, 9.17) is 16.0 Å². The Morgan fingerprint density at radius 2 is 1.97 bits per heavy atom. The number of aromatic nitrogens is 3. The van der Waals surface area contributed by atoms with Crippen LogP contribution in [0, 0.1) is 0 Å². The van der Waals surface area contributed by atoms with E-state index in [1.54, 1.807) is 28.9 Å². The van der Waals surface area contributed by atoms with E-state index in [1.165, 1.54) is 4.68 Å². The highest BCUT2D eigenvalue weighted by Crippen LogP contribution is 2.21. The minimum Gasteiger partial charge on any atom is -0.463 e. The summed E-state index contributed by atoms with van der Waals surface area (Å²) in [6.07, 6.45) is 2.63. The molecule has 1 N–H and O–H groups in total. The minimum absolute atomic E-state index is 0.251. The average molecular weight is 413 g/mol. The molecule has 4 rings (SSSR count). The van der Waals surface area contributed by atoms with Gasteiger partial charge in [-0.1, -0.05) is 37.6 Å². The molecule has 3 heterocycles. The second kappa shape index (κ2) is 7.75. The summed E-state index contributed by atoms with van der Waals surface area (Å²) in [6, 6.07) is 10.1. The van der Waals surface area contributed by atoms with Gasteiger partial charge in [-0.15, -0.1) is 0 Å². The number of carbonyl (C=O) groups is 1. The van der Waals surface area contributed by atoms with Crippen molar-refractivity contribution in [3.05, 3.63) is 69.4 Å². The Balaban J connectivity index is 1.69. The van der Waals surface area contributed by atoms with Crippen LogP contribution in [-0.4, -0.2) is 20.1 Å². The number of hydrogen-bond donors (Lipinski definition) is 1. The van der Waals surface area contributed by atoms with Crippen LogP contribution in [0.2, 0.25) is 5.02 Å². The number of halogens is 1. The van der Waals surface area contributed by atoms with Crippen LogP contribution in [0.25, 0.3) is 16.6 Å². The van der Waals surface area contributed by atoms with Crippen molar-refractivity contribution in [3.8, 4) is 0 Å². The fourth-order valence-electron chi connectivity index (χ4n) is 3.51. The molecule has 0 saturated heterocycles. The Hall–Kier alpha value is -3.06. The number of rotatable bonds is 6. The third-order valence-corrected chi connectivity index (χ3v) is 5.26. The first-order chi connectivity index (χ1) is 14.0. The molecule has 1 unspecified atom stereocenters. The molecule has 4 aromatic rings. The fourth-order valence-corrected chi connectivity index (χ4v) is 3.64. The third-order valence-electron chi connectivity index (χ3n) is 5.01. The van der Waals surface area contributed by atoms with Gasteiger partial charge in [-0.3, -0.25) is 14.0 Å². The van der Waals surface area contributed by atoms with E-state index < -0.39 is 6.04 Å². The van der Waals surface area contributed by atoms with E-state index in [2.05, 4.69) is 10.4 Å². The zero-order valence-corrected chi connectivity index (χ0v) is 16.9. The van der Waals surface area contributed by atoms with Crippen molar-refractivity contribution in [3.63, 3.8) is 0 Å². The molecule has 3 aromatic heterocycles. The monoisotopic (exact) mass is 412 g/mol. The van der Waals surface area contributed by atoms with E-state index >= 15 is 0 Å². The van der Waals surface area contributed by atoms with Gasteiger partial charge in [0.15, 0.2) is 5.58 Å². The van der Waals surface area contributed by atoms with Crippen molar-refractivity contribution < 1.29 is 9.21 Å². The normalized spacial score (nSPS) is 12.5. The lowest BCUT2D eigenvalue weighted by atomic mass is 10.2. The molecular weight excluding hydrogens is 392 g/mol. The van der Waals surface area contributed by atoms with Gasteiger partial charge >= 0.3 is 0 Å². The van der Waals surface area contributed by atoms with E-state index in [1.807, 2.05) is 32.0 Å². The van der Waals surface area contributed by atoms with Gasteiger partial charge in [0.2, 0.25) is 5.91 Å². The standard InChI is InChI=1S/C21H21ClN4O3/c1-3-15(20(27)23-12-13-5-7-14(22)8-6-13)26-21(28)17-11-18-16(9-10-29-18)25(17)19(4-2)24-26/h5-11,15H,3-4,12H2,1-2H3,(H,23,27). The number of aryl methyl sites for hydroxylation is 1. The van der Waals surface area contributed by atoms with Gasteiger partial charge in [-0.25, -0.2) is 4.68 Å². The van der Waals surface area contributed by atoms with Gasteiger partial charge in [-0.05, 0) is 24.1 Å². The zero-order chi connectivity index (χ0) is 20.5.